The molecule has 0 saturated heterocycles. The minimum absolute atomic E-state index is 1.29. The van der Waals surface area contributed by atoms with Crippen LogP contribution in [0.15, 0.2) is 146 Å². The third kappa shape index (κ3) is 3.27. The van der Waals surface area contributed by atoms with Gasteiger partial charge in [0.15, 0.2) is 0 Å². The normalized spacial score (nSPS) is 12.6. The van der Waals surface area contributed by atoms with Gasteiger partial charge in [-0.05, 0) is 144 Å². The van der Waals surface area contributed by atoms with Gasteiger partial charge < -0.3 is 0 Å². The van der Waals surface area contributed by atoms with E-state index in [-0.39, 0.29) is 0 Å². The molecule has 0 bridgehead atoms. The highest BCUT2D eigenvalue weighted by molar-refractivity contribution is 6.32. The van der Waals surface area contributed by atoms with Gasteiger partial charge in [-0.25, -0.2) is 0 Å². The molecule has 0 heterocycles. The number of hydrogen-bond acceptors (Lipinski definition) is 0. The Hall–Kier alpha value is -6.24. The highest BCUT2D eigenvalue weighted by Crippen LogP contribution is 2.47. The molecule has 0 aliphatic carbocycles. The van der Waals surface area contributed by atoms with Crippen LogP contribution in [0.2, 0.25) is 0 Å². The van der Waals surface area contributed by atoms with Crippen LogP contribution < -0.4 is 0 Å². The van der Waals surface area contributed by atoms with Crippen molar-refractivity contribution < 1.29 is 0 Å². The van der Waals surface area contributed by atoms with Crippen LogP contribution in [0, 0.1) is 13.8 Å². The number of benzene rings is 12. The molecule has 0 radical (unpaired) electrons. The van der Waals surface area contributed by atoms with E-state index in [9.17, 15) is 0 Å². The van der Waals surface area contributed by atoms with Crippen molar-refractivity contribution in [2.45, 2.75) is 13.8 Å². The molecule has 12 rings (SSSR count). The first-order valence-electron chi connectivity index (χ1n) is 17.7. The molecule has 0 saturated carbocycles. The van der Waals surface area contributed by atoms with Crippen LogP contribution in [0.5, 0.6) is 0 Å². The van der Waals surface area contributed by atoms with Crippen LogP contribution in [-0.2, 0) is 0 Å². The molecular formula is C50H30. The highest BCUT2D eigenvalue weighted by Gasteiger charge is 2.20. The highest BCUT2D eigenvalue weighted by atomic mass is 14.2. The predicted molar refractivity (Wildman–Crippen MR) is 218 cm³/mol. The van der Waals surface area contributed by atoms with Crippen LogP contribution in [0.1, 0.15) is 11.1 Å². The van der Waals surface area contributed by atoms with Gasteiger partial charge in [0.1, 0.15) is 0 Å². The summed E-state index contributed by atoms with van der Waals surface area (Å²) in [6.45, 7) is 4.46. The summed E-state index contributed by atoms with van der Waals surface area (Å²) in [6.07, 6.45) is 0. The van der Waals surface area contributed by atoms with Gasteiger partial charge in [-0.3, -0.25) is 0 Å². The minimum Gasteiger partial charge on any atom is -0.0581 e. The first kappa shape index (κ1) is 26.7. The van der Waals surface area contributed by atoms with Gasteiger partial charge in [0.05, 0.1) is 0 Å². The molecule has 230 valence electrons. The molecule has 0 aliphatic heterocycles. The molecule has 12 aromatic carbocycles. The topological polar surface area (TPSA) is 0 Å². The van der Waals surface area contributed by atoms with Crippen molar-refractivity contribution in [2.75, 3.05) is 0 Å². The number of aryl methyl sites for hydroxylation is 2. The molecule has 0 unspecified atom stereocenters. The summed E-state index contributed by atoms with van der Waals surface area (Å²) in [7, 11) is 0. The third-order valence-corrected chi connectivity index (χ3v) is 12.0. The molecule has 0 atom stereocenters. The van der Waals surface area contributed by atoms with Crippen molar-refractivity contribution in [2.24, 2.45) is 0 Å². The molecule has 0 spiro atoms. The molecule has 0 aliphatic rings. The predicted octanol–water partition coefficient (Wildman–Crippen LogP) is 14.3. The van der Waals surface area contributed by atoms with Gasteiger partial charge in [-0.15, -0.1) is 0 Å². The lowest BCUT2D eigenvalue weighted by molar-refractivity contribution is 1.55. The van der Waals surface area contributed by atoms with E-state index in [0.29, 0.717) is 0 Å². The SMILES string of the molecule is Cc1ccc2ccc3c(-c4ccc5ccc6ccc(-c7ccc8ccc9c(C)ccc%10ccc7c8c%109)c7ccc4c5c67)ccc4ccc1c2c43. The standard InChI is InChI=1S/C50H30/c1-27-3-5-29-15-23-41-37(21-13-33-9-17-35(27)45(29)47(33)41)39-19-11-31-7-8-32-12-20-40(44-26-25-43(39)49(31)50(32)44)38-22-14-34-10-18-36-28(2)4-6-30-16-24-42(38)48(34)46(30)36/h3-26H,1-2H3. The molecule has 0 fully saturated rings. The van der Waals surface area contributed by atoms with Gasteiger partial charge in [-0.2, -0.15) is 0 Å². The first-order valence-corrected chi connectivity index (χ1v) is 17.7. The monoisotopic (exact) mass is 630 g/mol. The largest absolute Gasteiger partial charge is 0.0581 e. The van der Waals surface area contributed by atoms with Crippen LogP contribution in [0.25, 0.3) is 119 Å². The first-order chi connectivity index (χ1) is 24.6. The smallest absolute Gasteiger partial charge is 0.00203 e. The van der Waals surface area contributed by atoms with Crippen molar-refractivity contribution in [1.82, 2.24) is 0 Å². The lowest BCUT2D eigenvalue weighted by Crippen LogP contribution is -1.92. The number of hydrogen-bond donors (Lipinski definition) is 0. The van der Waals surface area contributed by atoms with Gasteiger partial charge >= 0.3 is 0 Å². The maximum Gasteiger partial charge on any atom is -0.00203 e. The van der Waals surface area contributed by atoms with Gasteiger partial charge in [-0.1, -0.05) is 146 Å². The lowest BCUT2D eigenvalue weighted by Gasteiger charge is -2.20. The average Bonchev–Trinajstić information content (AvgIpc) is 3.16. The summed E-state index contributed by atoms with van der Waals surface area (Å²) in [4.78, 5) is 0. The second kappa shape index (κ2) is 9.26. The Morgan fingerprint density at radius 3 is 0.720 bits per heavy atom. The molecule has 50 heavy (non-hydrogen) atoms. The Labute approximate surface area is 288 Å². The Bertz CT molecular complexity index is 3150. The van der Waals surface area contributed by atoms with Crippen molar-refractivity contribution in [3.63, 3.8) is 0 Å². The van der Waals surface area contributed by atoms with Crippen molar-refractivity contribution in [3.05, 3.63) is 157 Å². The molecule has 0 aromatic heterocycles. The zero-order chi connectivity index (χ0) is 32.8. The third-order valence-electron chi connectivity index (χ3n) is 12.0. The lowest BCUT2D eigenvalue weighted by atomic mass is 9.84. The summed E-state index contributed by atoms with van der Waals surface area (Å²) in [5.74, 6) is 0. The van der Waals surface area contributed by atoms with Crippen LogP contribution in [-0.4, -0.2) is 0 Å². The minimum atomic E-state index is 1.29. The Kier molecular flexibility index (Phi) is 4.94. The van der Waals surface area contributed by atoms with Crippen molar-refractivity contribution >= 4 is 97.0 Å². The summed E-state index contributed by atoms with van der Waals surface area (Å²) < 4.78 is 0. The van der Waals surface area contributed by atoms with E-state index >= 15 is 0 Å². The van der Waals surface area contributed by atoms with Crippen molar-refractivity contribution in [1.29, 1.82) is 0 Å². The van der Waals surface area contributed by atoms with E-state index < -0.39 is 0 Å². The molecule has 0 heteroatoms. The van der Waals surface area contributed by atoms with E-state index in [2.05, 4.69) is 159 Å². The zero-order valence-electron chi connectivity index (χ0n) is 27.9. The van der Waals surface area contributed by atoms with Gasteiger partial charge in [0.2, 0.25) is 0 Å². The molecular weight excluding hydrogens is 601 g/mol. The van der Waals surface area contributed by atoms with E-state index in [1.807, 2.05) is 0 Å². The summed E-state index contributed by atoms with van der Waals surface area (Å²) in [5.41, 5.74) is 7.85. The number of rotatable bonds is 2. The summed E-state index contributed by atoms with van der Waals surface area (Å²) in [6, 6.07) is 55.7. The Balaban J connectivity index is 1.15. The second-order valence-corrected chi connectivity index (χ2v) is 14.5. The Morgan fingerprint density at radius 1 is 0.200 bits per heavy atom. The van der Waals surface area contributed by atoms with Gasteiger partial charge in [0.25, 0.3) is 0 Å². The van der Waals surface area contributed by atoms with Gasteiger partial charge in [0, 0.05) is 0 Å². The molecule has 0 nitrogen and oxygen atoms in total. The quantitative estimate of drug-likeness (QED) is 0.167. The zero-order valence-corrected chi connectivity index (χ0v) is 27.9. The van der Waals surface area contributed by atoms with E-state index in [1.54, 1.807) is 0 Å². The summed E-state index contributed by atoms with van der Waals surface area (Å²) >= 11 is 0. The maximum absolute atomic E-state index is 2.39. The van der Waals surface area contributed by atoms with E-state index in [4.69, 9.17) is 0 Å². The van der Waals surface area contributed by atoms with E-state index in [1.165, 1.54) is 130 Å². The molecule has 0 amide bonds. The van der Waals surface area contributed by atoms with E-state index in [0.717, 1.165) is 0 Å². The fraction of sp³-hybridized carbons (Fsp3) is 0.0400. The maximum atomic E-state index is 2.39. The fourth-order valence-corrected chi connectivity index (χ4v) is 9.63. The fourth-order valence-electron chi connectivity index (χ4n) is 9.63. The van der Waals surface area contributed by atoms with Crippen molar-refractivity contribution in [3.8, 4) is 22.3 Å². The summed E-state index contributed by atoms with van der Waals surface area (Å²) in [5, 5.41) is 24.0. The molecule has 0 N–H and O–H groups in total. The molecule has 12 aromatic rings. The van der Waals surface area contributed by atoms with Crippen LogP contribution in [0.4, 0.5) is 0 Å². The average molecular weight is 631 g/mol. The second-order valence-electron chi connectivity index (χ2n) is 14.5. The Morgan fingerprint density at radius 2 is 0.400 bits per heavy atom. The van der Waals surface area contributed by atoms with Crippen LogP contribution >= 0.6 is 0 Å². The van der Waals surface area contributed by atoms with Crippen LogP contribution in [0.3, 0.4) is 0 Å².